The van der Waals surface area contributed by atoms with Gasteiger partial charge in [0.05, 0.1) is 0 Å². The molecule has 2 nitrogen and oxygen atoms in total. The van der Waals surface area contributed by atoms with Crippen LogP contribution in [0.25, 0.3) is 0 Å². The monoisotopic (exact) mass is 232 g/mol. The fraction of sp³-hybridized carbons (Fsp3) is 0.600. The lowest BCUT2D eigenvalue weighted by molar-refractivity contribution is 0.494. The predicted molar refractivity (Wildman–Crippen MR) is 74.2 cm³/mol. The summed E-state index contributed by atoms with van der Waals surface area (Å²) in [6, 6.07) is 8.77. The zero-order chi connectivity index (χ0) is 12.4. The molecule has 0 aromatic heterocycles. The molecule has 0 saturated carbocycles. The molecule has 0 radical (unpaired) electrons. The Morgan fingerprint density at radius 3 is 2.41 bits per heavy atom. The number of benzene rings is 1. The highest BCUT2D eigenvalue weighted by molar-refractivity contribution is 5.55. The second-order valence-corrected chi connectivity index (χ2v) is 5.43. The van der Waals surface area contributed by atoms with Crippen LogP contribution >= 0.6 is 0 Å². The fourth-order valence-corrected chi connectivity index (χ4v) is 2.64. The standard InChI is InChI=1S/C15H24N2/c1-4-14(16)13-7-5-6-8-15(13)17-9-11(2)12(3)10-17/h5-8,11-12,14H,4,9-10,16H2,1-3H3/t11?,12?,14-/m1/s1. The van der Waals surface area contributed by atoms with Crippen LogP contribution in [0.4, 0.5) is 5.69 Å². The van der Waals surface area contributed by atoms with Gasteiger partial charge in [-0.2, -0.15) is 0 Å². The minimum atomic E-state index is 0.164. The van der Waals surface area contributed by atoms with Crippen LogP contribution in [0.5, 0.6) is 0 Å². The van der Waals surface area contributed by atoms with Crippen molar-refractivity contribution >= 4 is 5.69 Å². The summed E-state index contributed by atoms with van der Waals surface area (Å²) in [7, 11) is 0. The van der Waals surface area contributed by atoms with Crippen LogP contribution in [0.3, 0.4) is 0 Å². The van der Waals surface area contributed by atoms with E-state index in [2.05, 4.69) is 49.9 Å². The van der Waals surface area contributed by atoms with Crippen LogP contribution in [0.15, 0.2) is 24.3 Å². The lowest BCUT2D eigenvalue weighted by atomic mass is 10.0. The third-order valence-corrected chi connectivity index (χ3v) is 4.10. The van der Waals surface area contributed by atoms with Gasteiger partial charge in [-0.3, -0.25) is 0 Å². The molecule has 1 saturated heterocycles. The summed E-state index contributed by atoms with van der Waals surface area (Å²) in [4.78, 5) is 2.50. The zero-order valence-electron chi connectivity index (χ0n) is 11.2. The molecular weight excluding hydrogens is 208 g/mol. The SMILES string of the molecule is CC[C@@H](N)c1ccccc1N1CC(C)C(C)C1. The first-order valence-corrected chi connectivity index (χ1v) is 6.73. The van der Waals surface area contributed by atoms with Gasteiger partial charge in [0.2, 0.25) is 0 Å². The van der Waals surface area contributed by atoms with Gasteiger partial charge in [-0.15, -0.1) is 0 Å². The summed E-state index contributed by atoms with van der Waals surface area (Å²) in [5.41, 5.74) is 8.85. The third-order valence-electron chi connectivity index (χ3n) is 4.10. The highest BCUT2D eigenvalue weighted by Gasteiger charge is 2.27. The van der Waals surface area contributed by atoms with Gasteiger partial charge in [-0.1, -0.05) is 39.0 Å². The number of nitrogens with two attached hydrogens (primary N) is 1. The van der Waals surface area contributed by atoms with Crippen LogP contribution in [0.2, 0.25) is 0 Å². The van der Waals surface area contributed by atoms with Crippen molar-refractivity contribution < 1.29 is 0 Å². The van der Waals surface area contributed by atoms with Crippen molar-refractivity contribution in [1.82, 2.24) is 0 Å². The van der Waals surface area contributed by atoms with E-state index < -0.39 is 0 Å². The Morgan fingerprint density at radius 1 is 1.24 bits per heavy atom. The largest absolute Gasteiger partial charge is 0.371 e. The van der Waals surface area contributed by atoms with Gasteiger partial charge in [0, 0.05) is 24.8 Å². The Balaban J connectivity index is 2.26. The molecule has 1 fully saturated rings. The summed E-state index contributed by atoms with van der Waals surface area (Å²) >= 11 is 0. The van der Waals surface area contributed by atoms with Crippen LogP contribution < -0.4 is 10.6 Å². The fourth-order valence-electron chi connectivity index (χ4n) is 2.64. The van der Waals surface area contributed by atoms with E-state index in [1.807, 2.05) is 0 Å². The van der Waals surface area contributed by atoms with Crippen molar-refractivity contribution in [3.63, 3.8) is 0 Å². The molecular formula is C15H24N2. The molecule has 0 bridgehead atoms. The van der Waals surface area contributed by atoms with E-state index in [0.717, 1.165) is 31.3 Å². The lowest BCUT2D eigenvalue weighted by Crippen LogP contribution is -2.23. The molecule has 1 heterocycles. The Hall–Kier alpha value is -1.02. The van der Waals surface area contributed by atoms with Crippen LogP contribution in [0, 0.1) is 11.8 Å². The van der Waals surface area contributed by atoms with Crippen molar-refractivity contribution in [2.75, 3.05) is 18.0 Å². The highest BCUT2D eigenvalue weighted by Crippen LogP contribution is 2.32. The molecule has 2 N–H and O–H groups in total. The summed E-state index contributed by atoms with van der Waals surface area (Å²) in [5, 5.41) is 0. The van der Waals surface area contributed by atoms with E-state index in [-0.39, 0.29) is 6.04 Å². The molecule has 1 aromatic rings. The van der Waals surface area contributed by atoms with Crippen LogP contribution in [-0.4, -0.2) is 13.1 Å². The van der Waals surface area contributed by atoms with Crippen molar-refractivity contribution in [3.05, 3.63) is 29.8 Å². The van der Waals surface area contributed by atoms with E-state index >= 15 is 0 Å². The minimum Gasteiger partial charge on any atom is -0.371 e. The first kappa shape index (κ1) is 12.4. The number of nitrogens with zero attached hydrogens (tertiary/aromatic N) is 1. The van der Waals surface area contributed by atoms with Gasteiger partial charge in [0.15, 0.2) is 0 Å². The summed E-state index contributed by atoms with van der Waals surface area (Å²) in [6.45, 7) is 9.15. The Bertz CT molecular complexity index is 365. The van der Waals surface area contributed by atoms with E-state index in [9.17, 15) is 0 Å². The molecule has 94 valence electrons. The topological polar surface area (TPSA) is 29.3 Å². The first-order chi connectivity index (χ1) is 8.13. The van der Waals surface area contributed by atoms with Gasteiger partial charge in [0.1, 0.15) is 0 Å². The number of para-hydroxylation sites is 1. The maximum absolute atomic E-state index is 6.21. The maximum Gasteiger partial charge on any atom is 0.0414 e. The van der Waals surface area contributed by atoms with Crippen molar-refractivity contribution in [2.24, 2.45) is 17.6 Å². The molecule has 3 atom stereocenters. The number of hydrogen-bond donors (Lipinski definition) is 1. The quantitative estimate of drug-likeness (QED) is 0.867. The molecule has 0 spiro atoms. The molecule has 1 aromatic carbocycles. The van der Waals surface area contributed by atoms with Gasteiger partial charge in [0.25, 0.3) is 0 Å². The normalized spacial score (nSPS) is 26.2. The molecule has 17 heavy (non-hydrogen) atoms. The second kappa shape index (κ2) is 5.09. The van der Waals surface area contributed by atoms with Crippen LogP contribution in [-0.2, 0) is 0 Å². The molecule has 0 amide bonds. The molecule has 2 heteroatoms. The van der Waals surface area contributed by atoms with Gasteiger partial charge >= 0.3 is 0 Å². The van der Waals surface area contributed by atoms with Gasteiger partial charge in [-0.25, -0.2) is 0 Å². The molecule has 0 aliphatic carbocycles. The maximum atomic E-state index is 6.21. The first-order valence-electron chi connectivity index (χ1n) is 6.73. The predicted octanol–water partition coefficient (Wildman–Crippen LogP) is 3.19. The minimum absolute atomic E-state index is 0.164. The summed E-state index contributed by atoms with van der Waals surface area (Å²) in [6.07, 6.45) is 0.996. The third kappa shape index (κ3) is 2.47. The van der Waals surface area contributed by atoms with E-state index in [0.29, 0.717) is 0 Å². The number of anilines is 1. The molecule has 1 aliphatic heterocycles. The zero-order valence-corrected chi connectivity index (χ0v) is 11.2. The average Bonchev–Trinajstić information content (AvgIpc) is 2.68. The van der Waals surface area contributed by atoms with E-state index in [4.69, 9.17) is 5.73 Å². The lowest BCUT2D eigenvalue weighted by Gasteiger charge is -2.24. The molecule has 2 unspecified atom stereocenters. The van der Waals surface area contributed by atoms with Gasteiger partial charge < -0.3 is 10.6 Å². The summed E-state index contributed by atoms with van der Waals surface area (Å²) in [5.74, 6) is 1.56. The van der Waals surface area contributed by atoms with E-state index in [1.165, 1.54) is 11.3 Å². The number of rotatable bonds is 3. The molecule has 1 aliphatic rings. The number of hydrogen-bond acceptors (Lipinski definition) is 2. The Labute approximate surface area is 105 Å². The smallest absolute Gasteiger partial charge is 0.0414 e. The van der Waals surface area contributed by atoms with E-state index in [1.54, 1.807) is 0 Å². The Kier molecular flexibility index (Phi) is 3.72. The van der Waals surface area contributed by atoms with Gasteiger partial charge in [-0.05, 0) is 29.9 Å². The second-order valence-electron chi connectivity index (χ2n) is 5.43. The molecule has 2 rings (SSSR count). The highest BCUT2D eigenvalue weighted by atomic mass is 15.2. The average molecular weight is 232 g/mol. The van der Waals surface area contributed by atoms with Crippen molar-refractivity contribution in [1.29, 1.82) is 0 Å². The Morgan fingerprint density at radius 2 is 1.82 bits per heavy atom. The van der Waals surface area contributed by atoms with Crippen LogP contribution in [0.1, 0.15) is 38.8 Å². The summed E-state index contributed by atoms with van der Waals surface area (Å²) < 4.78 is 0. The van der Waals surface area contributed by atoms with Crippen molar-refractivity contribution in [2.45, 2.75) is 33.2 Å². The van der Waals surface area contributed by atoms with Crippen molar-refractivity contribution in [3.8, 4) is 0 Å².